The van der Waals surface area contributed by atoms with Crippen LogP contribution in [0, 0.1) is 0 Å². The van der Waals surface area contributed by atoms with Crippen molar-refractivity contribution in [2.75, 3.05) is 51.9 Å². The molecule has 0 aromatic heterocycles. The summed E-state index contributed by atoms with van der Waals surface area (Å²) in [7, 11) is 7.38. The van der Waals surface area contributed by atoms with Crippen LogP contribution in [-0.4, -0.2) is 68.7 Å². The van der Waals surface area contributed by atoms with Crippen LogP contribution in [0.2, 0.25) is 0 Å². The number of carbonyl (C=O) groups excluding carboxylic acids is 2. The predicted molar refractivity (Wildman–Crippen MR) is 111 cm³/mol. The molecule has 0 fully saturated rings. The number of carbonyl (C=O) groups is 2. The Kier molecular flexibility index (Phi) is 19.0. The van der Waals surface area contributed by atoms with E-state index < -0.39 is 0 Å². The van der Waals surface area contributed by atoms with Crippen molar-refractivity contribution in [3.63, 3.8) is 0 Å². The van der Waals surface area contributed by atoms with Crippen molar-refractivity contribution in [1.82, 2.24) is 4.90 Å². The second kappa shape index (κ2) is 19.3. The zero-order chi connectivity index (χ0) is 19.5. The number of unbranched alkanes of at least 4 members (excludes halogenated alkanes) is 4. The standard InChI is InChI=1S/C18H36N2O4S2/c1-20(2)12-8-4-6-10-18(22)24-14-16-26-25-15-13-23-17(21)9-5-3-7-11-19/h3-16,19H2,1-2H3. The average Bonchev–Trinajstić information content (AvgIpc) is 2.60. The Labute approximate surface area is 166 Å². The number of hydrogen-bond acceptors (Lipinski definition) is 8. The van der Waals surface area contributed by atoms with Gasteiger partial charge < -0.3 is 20.1 Å². The number of nitrogens with two attached hydrogens (primary N) is 1. The summed E-state index contributed by atoms with van der Waals surface area (Å²) in [4.78, 5) is 25.2. The van der Waals surface area contributed by atoms with Gasteiger partial charge in [0, 0.05) is 24.3 Å². The first-order valence-electron chi connectivity index (χ1n) is 9.46. The van der Waals surface area contributed by atoms with Crippen molar-refractivity contribution in [2.45, 2.75) is 51.4 Å². The third-order valence-corrected chi connectivity index (χ3v) is 5.85. The highest BCUT2D eigenvalue weighted by Gasteiger charge is 2.04. The van der Waals surface area contributed by atoms with Gasteiger partial charge in [0.25, 0.3) is 0 Å². The van der Waals surface area contributed by atoms with Gasteiger partial charge in [0.05, 0.1) is 0 Å². The highest BCUT2D eigenvalue weighted by atomic mass is 33.1. The molecule has 8 heteroatoms. The molecular weight excluding hydrogens is 372 g/mol. The second-order valence-electron chi connectivity index (χ2n) is 6.30. The summed E-state index contributed by atoms with van der Waals surface area (Å²) in [6, 6.07) is 0. The van der Waals surface area contributed by atoms with E-state index in [0.29, 0.717) is 32.6 Å². The van der Waals surface area contributed by atoms with Crippen molar-refractivity contribution in [1.29, 1.82) is 0 Å². The topological polar surface area (TPSA) is 81.9 Å². The van der Waals surface area contributed by atoms with Gasteiger partial charge in [-0.2, -0.15) is 0 Å². The summed E-state index contributed by atoms with van der Waals surface area (Å²) in [5, 5.41) is 0. The second-order valence-corrected chi connectivity index (χ2v) is 9.00. The quantitative estimate of drug-likeness (QED) is 0.210. The Morgan fingerprint density at radius 1 is 0.808 bits per heavy atom. The molecule has 0 aliphatic heterocycles. The first-order chi connectivity index (χ1) is 12.6. The molecule has 0 aliphatic rings. The van der Waals surface area contributed by atoms with Gasteiger partial charge in [-0.3, -0.25) is 9.59 Å². The highest BCUT2D eigenvalue weighted by Crippen LogP contribution is 2.20. The van der Waals surface area contributed by atoms with Gasteiger partial charge in [-0.05, 0) is 52.9 Å². The number of ether oxygens (including phenoxy) is 2. The van der Waals surface area contributed by atoms with E-state index in [1.165, 1.54) is 0 Å². The van der Waals surface area contributed by atoms with Crippen LogP contribution in [0.3, 0.4) is 0 Å². The fourth-order valence-corrected chi connectivity index (χ4v) is 3.76. The molecule has 26 heavy (non-hydrogen) atoms. The van der Waals surface area contributed by atoms with Gasteiger partial charge in [-0.25, -0.2) is 0 Å². The molecule has 0 aromatic rings. The summed E-state index contributed by atoms with van der Waals surface area (Å²) >= 11 is 0. The molecule has 0 saturated carbocycles. The van der Waals surface area contributed by atoms with Crippen LogP contribution in [0.1, 0.15) is 51.4 Å². The Balaban J connectivity index is 3.27. The van der Waals surface area contributed by atoms with Crippen molar-refractivity contribution < 1.29 is 19.1 Å². The van der Waals surface area contributed by atoms with Crippen LogP contribution >= 0.6 is 21.6 Å². The van der Waals surface area contributed by atoms with E-state index in [2.05, 4.69) is 19.0 Å². The first-order valence-corrected chi connectivity index (χ1v) is 12.0. The van der Waals surface area contributed by atoms with Crippen LogP contribution in [0.15, 0.2) is 0 Å². The minimum atomic E-state index is -0.132. The summed E-state index contributed by atoms with van der Waals surface area (Å²) in [5.74, 6) is 1.26. The van der Waals surface area contributed by atoms with Crippen molar-refractivity contribution in [3.05, 3.63) is 0 Å². The third kappa shape index (κ3) is 19.9. The fraction of sp³-hybridized carbons (Fsp3) is 0.889. The van der Waals surface area contributed by atoms with Gasteiger partial charge in [-0.15, -0.1) is 0 Å². The fourth-order valence-electron chi connectivity index (χ4n) is 2.11. The van der Waals surface area contributed by atoms with E-state index in [1.54, 1.807) is 21.6 Å². The molecule has 0 rings (SSSR count). The number of rotatable bonds is 18. The lowest BCUT2D eigenvalue weighted by molar-refractivity contribution is -0.144. The van der Waals surface area contributed by atoms with Gasteiger partial charge in [-0.1, -0.05) is 34.4 Å². The molecule has 0 bridgehead atoms. The highest BCUT2D eigenvalue weighted by molar-refractivity contribution is 8.76. The summed E-state index contributed by atoms with van der Waals surface area (Å²) < 4.78 is 10.4. The maximum absolute atomic E-state index is 11.6. The van der Waals surface area contributed by atoms with Crippen LogP contribution < -0.4 is 5.73 Å². The van der Waals surface area contributed by atoms with Crippen molar-refractivity contribution in [3.8, 4) is 0 Å². The Bertz CT molecular complexity index is 358. The molecule has 154 valence electrons. The van der Waals surface area contributed by atoms with Crippen LogP contribution in [0.5, 0.6) is 0 Å². The van der Waals surface area contributed by atoms with E-state index >= 15 is 0 Å². The first kappa shape index (κ1) is 25.6. The van der Waals surface area contributed by atoms with E-state index in [1.807, 2.05) is 0 Å². The van der Waals surface area contributed by atoms with E-state index in [-0.39, 0.29) is 11.9 Å². The van der Waals surface area contributed by atoms with Gasteiger partial charge in [0.2, 0.25) is 0 Å². The minimum absolute atomic E-state index is 0.107. The zero-order valence-electron chi connectivity index (χ0n) is 16.4. The summed E-state index contributed by atoms with van der Waals surface area (Å²) in [5.41, 5.74) is 5.40. The van der Waals surface area contributed by atoms with Gasteiger partial charge in [0.1, 0.15) is 13.2 Å². The van der Waals surface area contributed by atoms with E-state index in [4.69, 9.17) is 15.2 Å². The van der Waals surface area contributed by atoms with Crippen molar-refractivity contribution >= 4 is 33.5 Å². The molecule has 6 nitrogen and oxygen atoms in total. The molecule has 0 atom stereocenters. The van der Waals surface area contributed by atoms with E-state index in [0.717, 1.165) is 56.6 Å². The van der Waals surface area contributed by atoms with Crippen LogP contribution in [0.25, 0.3) is 0 Å². The van der Waals surface area contributed by atoms with Gasteiger partial charge in [0.15, 0.2) is 0 Å². The lowest BCUT2D eigenvalue weighted by Gasteiger charge is -2.08. The molecule has 0 heterocycles. The Hall–Kier alpha value is -0.440. The number of hydrogen-bond donors (Lipinski definition) is 1. The Morgan fingerprint density at radius 2 is 1.31 bits per heavy atom. The normalized spacial score (nSPS) is 10.9. The Morgan fingerprint density at radius 3 is 1.77 bits per heavy atom. The number of esters is 2. The maximum atomic E-state index is 11.6. The summed E-state index contributed by atoms with van der Waals surface area (Å²) in [6.45, 7) is 2.61. The van der Waals surface area contributed by atoms with Crippen molar-refractivity contribution in [2.24, 2.45) is 5.73 Å². The average molecular weight is 409 g/mol. The molecule has 0 aliphatic carbocycles. The molecular formula is C18H36N2O4S2. The molecule has 0 saturated heterocycles. The molecule has 0 aromatic carbocycles. The molecule has 0 unspecified atom stereocenters. The number of nitrogens with zero attached hydrogens (tertiary/aromatic N) is 1. The monoisotopic (exact) mass is 408 g/mol. The SMILES string of the molecule is CN(C)CCCCCC(=O)OCCSSCCOC(=O)CCCCCN. The minimum Gasteiger partial charge on any atom is -0.465 e. The predicted octanol–water partition coefficient (Wildman–Crippen LogP) is 3.10. The molecule has 0 spiro atoms. The lowest BCUT2D eigenvalue weighted by atomic mass is 10.2. The molecule has 0 amide bonds. The third-order valence-electron chi connectivity index (χ3n) is 3.51. The van der Waals surface area contributed by atoms with Gasteiger partial charge >= 0.3 is 11.9 Å². The largest absolute Gasteiger partial charge is 0.465 e. The molecule has 0 radical (unpaired) electrons. The summed E-state index contributed by atoms with van der Waals surface area (Å²) in [6.07, 6.45) is 6.83. The lowest BCUT2D eigenvalue weighted by Crippen LogP contribution is -2.13. The molecule has 2 N–H and O–H groups in total. The smallest absolute Gasteiger partial charge is 0.305 e. The maximum Gasteiger partial charge on any atom is 0.305 e. The van der Waals surface area contributed by atoms with Crippen LogP contribution in [0.4, 0.5) is 0 Å². The van der Waals surface area contributed by atoms with Crippen LogP contribution in [-0.2, 0) is 19.1 Å². The van der Waals surface area contributed by atoms with E-state index in [9.17, 15) is 9.59 Å². The zero-order valence-corrected chi connectivity index (χ0v) is 18.0.